The van der Waals surface area contributed by atoms with E-state index in [9.17, 15) is 4.79 Å². The van der Waals surface area contributed by atoms with Crippen LogP contribution < -0.4 is 20.1 Å². The van der Waals surface area contributed by atoms with Crippen LogP contribution in [0, 0.1) is 0 Å². The number of ether oxygens (including phenoxy) is 2. The minimum atomic E-state index is -0.236. The summed E-state index contributed by atoms with van der Waals surface area (Å²) >= 11 is 0. The van der Waals surface area contributed by atoms with Crippen molar-refractivity contribution >= 4 is 23.1 Å². The summed E-state index contributed by atoms with van der Waals surface area (Å²) in [6.45, 7) is 2.32. The molecule has 0 atom stereocenters. The first-order chi connectivity index (χ1) is 13.2. The van der Waals surface area contributed by atoms with Gasteiger partial charge in [0.05, 0.1) is 5.56 Å². The summed E-state index contributed by atoms with van der Waals surface area (Å²) in [5.41, 5.74) is 3.35. The van der Waals surface area contributed by atoms with Gasteiger partial charge in [0, 0.05) is 23.6 Å². The number of benzene rings is 2. The lowest BCUT2D eigenvalue weighted by atomic mass is 10.1. The first kappa shape index (κ1) is 16.9. The fourth-order valence-corrected chi connectivity index (χ4v) is 2.75. The molecule has 0 bridgehead atoms. The molecule has 2 N–H and O–H groups in total. The van der Waals surface area contributed by atoms with E-state index in [2.05, 4.69) is 34.7 Å². The van der Waals surface area contributed by atoms with Crippen molar-refractivity contribution in [3.05, 3.63) is 71.9 Å². The van der Waals surface area contributed by atoms with Crippen LogP contribution in [-0.4, -0.2) is 17.7 Å². The summed E-state index contributed by atoms with van der Waals surface area (Å²) < 4.78 is 10.6. The van der Waals surface area contributed by atoms with E-state index in [4.69, 9.17) is 9.47 Å². The second kappa shape index (κ2) is 7.37. The Hall–Kier alpha value is -3.54. The van der Waals surface area contributed by atoms with Gasteiger partial charge in [0.25, 0.3) is 5.91 Å². The summed E-state index contributed by atoms with van der Waals surface area (Å²) in [6.07, 6.45) is 2.55. The van der Waals surface area contributed by atoms with Crippen LogP contribution in [0.4, 0.5) is 17.2 Å². The molecule has 1 amide bonds. The van der Waals surface area contributed by atoms with E-state index < -0.39 is 0 Å². The van der Waals surface area contributed by atoms with Gasteiger partial charge < -0.3 is 20.1 Å². The highest BCUT2D eigenvalue weighted by Gasteiger charge is 2.14. The van der Waals surface area contributed by atoms with Crippen molar-refractivity contribution in [1.82, 2.24) is 4.98 Å². The first-order valence-corrected chi connectivity index (χ1v) is 8.74. The molecule has 136 valence electrons. The summed E-state index contributed by atoms with van der Waals surface area (Å²) in [4.78, 5) is 16.7. The van der Waals surface area contributed by atoms with Crippen LogP contribution in [0.2, 0.25) is 0 Å². The number of carbonyl (C=O) groups excluding carboxylic acids is 1. The minimum absolute atomic E-state index is 0.201. The van der Waals surface area contributed by atoms with Gasteiger partial charge in [-0.2, -0.15) is 0 Å². The van der Waals surface area contributed by atoms with E-state index in [1.807, 2.05) is 12.1 Å². The number of aromatic nitrogens is 1. The number of pyridine rings is 1. The molecule has 4 rings (SSSR count). The molecule has 0 radical (unpaired) electrons. The highest BCUT2D eigenvalue weighted by atomic mass is 16.7. The molecule has 0 saturated carbocycles. The second-order valence-electron chi connectivity index (χ2n) is 6.13. The van der Waals surface area contributed by atoms with Crippen molar-refractivity contribution in [2.75, 3.05) is 17.4 Å². The van der Waals surface area contributed by atoms with Gasteiger partial charge in [0.15, 0.2) is 11.5 Å². The number of rotatable bonds is 5. The Bertz CT molecular complexity index is 953. The quantitative estimate of drug-likeness (QED) is 0.706. The largest absolute Gasteiger partial charge is 0.454 e. The van der Waals surface area contributed by atoms with Crippen LogP contribution in [0.15, 0.2) is 60.8 Å². The molecular formula is C21H19N3O3. The predicted molar refractivity (Wildman–Crippen MR) is 104 cm³/mol. The number of anilines is 3. The maximum Gasteiger partial charge on any atom is 0.257 e. The highest BCUT2D eigenvalue weighted by molar-refractivity contribution is 6.04. The maximum atomic E-state index is 12.4. The van der Waals surface area contributed by atoms with Crippen molar-refractivity contribution in [3.63, 3.8) is 0 Å². The first-order valence-electron chi connectivity index (χ1n) is 8.74. The third kappa shape index (κ3) is 3.84. The van der Waals surface area contributed by atoms with Gasteiger partial charge in [-0.05, 0) is 48.4 Å². The highest BCUT2D eigenvalue weighted by Crippen LogP contribution is 2.34. The predicted octanol–water partition coefficient (Wildman–Crippen LogP) is 4.37. The Labute approximate surface area is 157 Å². The van der Waals surface area contributed by atoms with Gasteiger partial charge in [-0.25, -0.2) is 4.98 Å². The monoisotopic (exact) mass is 361 g/mol. The van der Waals surface area contributed by atoms with E-state index in [1.54, 1.807) is 36.5 Å². The zero-order valence-corrected chi connectivity index (χ0v) is 14.9. The van der Waals surface area contributed by atoms with E-state index in [-0.39, 0.29) is 12.7 Å². The number of nitrogens with zero attached hydrogens (tertiary/aromatic N) is 1. The number of hydrogen-bond donors (Lipinski definition) is 2. The van der Waals surface area contributed by atoms with E-state index >= 15 is 0 Å². The third-order valence-corrected chi connectivity index (χ3v) is 4.29. The number of nitrogens with one attached hydrogen (secondary N) is 2. The smallest absolute Gasteiger partial charge is 0.257 e. The van der Waals surface area contributed by atoms with E-state index in [1.165, 1.54) is 5.56 Å². The number of fused-ring (bicyclic) bond motifs is 1. The Morgan fingerprint density at radius 2 is 1.78 bits per heavy atom. The minimum Gasteiger partial charge on any atom is -0.454 e. The van der Waals surface area contributed by atoms with Crippen molar-refractivity contribution in [1.29, 1.82) is 0 Å². The zero-order chi connectivity index (χ0) is 18.6. The molecule has 6 heteroatoms. The maximum absolute atomic E-state index is 12.4. The van der Waals surface area contributed by atoms with Gasteiger partial charge in [-0.1, -0.05) is 19.1 Å². The van der Waals surface area contributed by atoms with Crippen molar-refractivity contribution < 1.29 is 14.3 Å². The Kier molecular flexibility index (Phi) is 4.61. The van der Waals surface area contributed by atoms with Gasteiger partial charge >= 0.3 is 0 Å². The van der Waals surface area contributed by atoms with Crippen LogP contribution in [0.1, 0.15) is 22.8 Å². The SMILES string of the molecule is CCc1ccc(Nc2ccc(C(=O)Nc3ccc4c(c3)OCO4)cn2)cc1. The molecular weight excluding hydrogens is 342 g/mol. The lowest BCUT2D eigenvalue weighted by Gasteiger charge is -2.08. The van der Waals surface area contributed by atoms with Crippen LogP contribution in [-0.2, 0) is 6.42 Å². The molecule has 0 spiro atoms. The molecule has 0 saturated heterocycles. The molecule has 1 aliphatic heterocycles. The van der Waals surface area contributed by atoms with Gasteiger partial charge in [-0.15, -0.1) is 0 Å². The van der Waals surface area contributed by atoms with Crippen molar-refractivity contribution in [2.45, 2.75) is 13.3 Å². The molecule has 6 nitrogen and oxygen atoms in total. The molecule has 3 aromatic rings. The standard InChI is InChI=1S/C21H19N3O3/c1-2-14-3-6-16(7-4-14)23-20-10-5-15(12-22-20)21(25)24-17-8-9-18-19(11-17)27-13-26-18/h3-12H,2,13H2,1H3,(H,22,23)(H,24,25). The van der Waals surface area contributed by atoms with Crippen molar-refractivity contribution in [2.24, 2.45) is 0 Å². The average molecular weight is 361 g/mol. The summed E-state index contributed by atoms with van der Waals surface area (Å²) in [5, 5.41) is 6.06. The fourth-order valence-electron chi connectivity index (χ4n) is 2.75. The van der Waals surface area contributed by atoms with Gasteiger partial charge in [-0.3, -0.25) is 4.79 Å². The molecule has 0 aliphatic carbocycles. The molecule has 1 aliphatic rings. The molecule has 2 aromatic carbocycles. The topological polar surface area (TPSA) is 72.5 Å². The number of hydrogen-bond acceptors (Lipinski definition) is 5. The lowest BCUT2D eigenvalue weighted by molar-refractivity contribution is 0.102. The lowest BCUT2D eigenvalue weighted by Crippen LogP contribution is -2.12. The zero-order valence-electron chi connectivity index (χ0n) is 14.9. The Balaban J connectivity index is 1.41. The number of amides is 1. The Morgan fingerprint density at radius 3 is 2.52 bits per heavy atom. The molecule has 27 heavy (non-hydrogen) atoms. The normalized spacial score (nSPS) is 11.9. The van der Waals surface area contributed by atoms with Crippen LogP contribution in [0.3, 0.4) is 0 Å². The number of carbonyl (C=O) groups is 1. The Morgan fingerprint density at radius 1 is 1.00 bits per heavy atom. The van der Waals surface area contributed by atoms with Crippen LogP contribution in [0.5, 0.6) is 11.5 Å². The molecule has 0 unspecified atom stereocenters. The second-order valence-corrected chi connectivity index (χ2v) is 6.13. The average Bonchev–Trinajstić information content (AvgIpc) is 3.17. The molecule has 2 heterocycles. The molecule has 0 fully saturated rings. The van der Waals surface area contributed by atoms with E-state index in [0.717, 1.165) is 12.1 Å². The van der Waals surface area contributed by atoms with Gasteiger partial charge in [0.2, 0.25) is 6.79 Å². The van der Waals surface area contributed by atoms with Crippen LogP contribution in [0.25, 0.3) is 0 Å². The third-order valence-electron chi connectivity index (χ3n) is 4.29. The summed E-state index contributed by atoms with van der Waals surface area (Å²) in [6, 6.07) is 17.0. The van der Waals surface area contributed by atoms with Crippen LogP contribution >= 0.6 is 0 Å². The summed E-state index contributed by atoms with van der Waals surface area (Å²) in [7, 11) is 0. The summed E-state index contributed by atoms with van der Waals surface area (Å²) in [5.74, 6) is 1.75. The number of aryl methyl sites for hydroxylation is 1. The fraction of sp³-hybridized carbons (Fsp3) is 0.143. The molecule has 1 aromatic heterocycles. The van der Waals surface area contributed by atoms with Crippen molar-refractivity contribution in [3.8, 4) is 11.5 Å². The van der Waals surface area contributed by atoms with E-state index in [0.29, 0.717) is 28.6 Å². The van der Waals surface area contributed by atoms with Gasteiger partial charge in [0.1, 0.15) is 5.82 Å².